The van der Waals surface area contributed by atoms with Gasteiger partial charge in [-0.3, -0.25) is 14.6 Å². The van der Waals surface area contributed by atoms with Crippen molar-refractivity contribution in [3.05, 3.63) is 40.7 Å². The molecule has 2 aliphatic heterocycles. The number of anilines is 1. The van der Waals surface area contributed by atoms with Crippen molar-refractivity contribution in [2.45, 2.75) is 19.4 Å². The number of nitrogens with zero attached hydrogens (tertiary/aromatic N) is 4. The summed E-state index contributed by atoms with van der Waals surface area (Å²) in [6.45, 7) is 1.56. The Labute approximate surface area is 165 Å². The highest BCUT2D eigenvalue weighted by Gasteiger charge is 2.32. The molecule has 0 bridgehead atoms. The van der Waals surface area contributed by atoms with Crippen LogP contribution in [-0.2, 0) is 17.8 Å². The van der Waals surface area contributed by atoms with E-state index in [4.69, 9.17) is 5.11 Å². The Bertz CT molecular complexity index is 916. The van der Waals surface area contributed by atoms with Crippen molar-refractivity contribution >= 4 is 34.4 Å². The molecule has 0 saturated carbocycles. The van der Waals surface area contributed by atoms with Crippen LogP contribution in [0.2, 0.25) is 0 Å². The van der Waals surface area contributed by atoms with E-state index >= 15 is 0 Å². The number of amides is 3. The first-order valence-corrected chi connectivity index (χ1v) is 9.80. The van der Waals surface area contributed by atoms with Crippen LogP contribution < -0.4 is 5.32 Å². The zero-order valence-electron chi connectivity index (χ0n) is 15.0. The number of likely N-dealkylation sites (tertiary alicyclic amines) is 1. The van der Waals surface area contributed by atoms with Crippen LogP contribution in [0.3, 0.4) is 0 Å². The molecular formula is C18H19N5O4S. The van der Waals surface area contributed by atoms with Gasteiger partial charge < -0.3 is 20.2 Å². The third kappa shape index (κ3) is 3.68. The van der Waals surface area contributed by atoms with E-state index in [1.807, 2.05) is 0 Å². The number of thiazole rings is 1. The largest absolute Gasteiger partial charge is 0.465 e. The van der Waals surface area contributed by atoms with Crippen molar-refractivity contribution in [3.63, 3.8) is 0 Å². The first-order valence-electron chi connectivity index (χ1n) is 8.99. The van der Waals surface area contributed by atoms with E-state index in [0.29, 0.717) is 43.3 Å². The Kier molecular flexibility index (Phi) is 4.95. The van der Waals surface area contributed by atoms with Crippen LogP contribution >= 0.6 is 11.3 Å². The highest BCUT2D eigenvalue weighted by atomic mass is 32.1. The second-order valence-electron chi connectivity index (χ2n) is 6.78. The third-order valence-corrected chi connectivity index (χ3v) is 5.96. The van der Waals surface area contributed by atoms with E-state index < -0.39 is 6.09 Å². The molecule has 0 unspecified atom stereocenters. The summed E-state index contributed by atoms with van der Waals surface area (Å²) in [5.41, 5.74) is 1.30. The molecule has 0 aromatic carbocycles. The first-order chi connectivity index (χ1) is 13.5. The molecule has 9 nitrogen and oxygen atoms in total. The molecule has 10 heteroatoms. The molecule has 0 spiro atoms. The van der Waals surface area contributed by atoms with Gasteiger partial charge in [-0.25, -0.2) is 9.78 Å². The second kappa shape index (κ2) is 7.55. The number of carbonyl (C=O) groups is 3. The number of rotatable bonds is 3. The molecule has 4 rings (SSSR count). The molecule has 2 aromatic heterocycles. The Hall–Kier alpha value is -3.01. The fraction of sp³-hybridized carbons (Fsp3) is 0.389. The quantitative estimate of drug-likeness (QED) is 0.808. The van der Waals surface area contributed by atoms with Gasteiger partial charge in [-0.1, -0.05) is 17.4 Å². The van der Waals surface area contributed by atoms with Crippen molar-refractivity contribution < 1.29 is 19.5 Å². The molecule has 1 fully saturated rings. The zero-order chi connectivity index (χ0) is 19.7. The van der Waals surface area contributed by atoms with E-state index in [0.717, 1.165) is 10.6 Å². The Morgan fingerprint density at radius 1 is 1.21 bits per heavy atom. The summed E-state index contributed by atoms with van der Waals surface area (Å²) in [7, 11) is 0. The lowest BCUT2D eigenvalue weighted by Crippen LogP contribution is -2.35. The lowest BCUT2D eigenvalue weighted by Gasteiger charge is -2.25. The minimum atomic E-state index is -1.00. The van der Waals surface area contributed by atoms with Crippen LogP contribution in [0, 0.1) is 5.92 Å². The summed E-state index contributed by atoms with van der Waals surface area (Å²) in [6, 6.07) is 5.24. The number of pyridine rings is 1. The van der Waals surface area contributed by atoms with E-state index in [-0.39, 0.29) is 24.3 Å². The monoisotopic (exact) mass is 401 g/mol. The summed E-state index contributed by atoms with van der Waals surface area (Å²) in [5, 5.41) is 12.3. The molecule has 0 radical (unpaired) electrons. The molecule has 2 aromatic rings. The van der Waals surface area contributed by atoms with Gasteiger partial charge in [-0.2, -0.15) is 0 Å². The highest BCUT2D eigenvalue weighted by molar-refractivity contribution is 7.15. The SMILES string of the molecule is O=C(Nc1nc2c(s1)CN(C(=O)c1ccccn1)CC2)[C@H]1CCN(C(=O)O)C1. The fourth-order valence-electron chi connectivity index (χ4n) is 3.43. The number of fused-ring (bicyclic) bond motifs is 1. The maximum Gasteiger partial charge on any atom is 0.407 e. The van der Waals surface area contributed by atoms with Crippen molar-refractivity contribution in [3.8, 4) is 0 Å². The summed E-state index contributed by atoms with van der Waals surface area (Å²) < 4.78 is 0. The topological polar surface area (TPSA) is 116 Å². The average Bonchev–Trinajstić information content (AvgIpc) is 3.34. The van der Waals surface area contributed by atoms with Crippen molar-refractivity contribution in [2.24, 2.45) is 5.92 Å². The van der Waals surface area contributed by atoms with E-state index in [9.17, 15) is 14.4 Å². The van der Waals surface area contributed by atoms with Gasteiger partial charge in [-0.05, 0) is 18.6 Å². The summed E-state index contributed by atoms with van der Waals surface area (Å²) >= 11 is 1.36. The molecule has 3 amide bonds. The van der Waals surface area contributed by atoms with Gasteiger partial charge in [0, 0.05) is 37.1 Å². The minimum Gasteiger partial charge on any atom is -0.465 e. The summed E-state index contributed by atoms with van der Waals surface area (Å²) in [4.78, 5) is 48.5. The molecule has 1 atom stereocenters. The molecule has 4 heterocycles. The van der Waals surface area contributed by atoms with Crippen molar-refractivity contribution in [1.82, 2.24) is 19.8 Å². The Morgan fingerprint density at radius 2 is 2.07 bits per heavy atom. The summed E-state index contributed by atoms with van der Waals surface area (Å²) in [6.07, 6.45) is 1.72. The number of nitrogens with one attached hydrogen (secondary N) is 1. The number of hydrogen-bond donors (Lipinski definition) is 2. The van der Waals surface area contributed by atoms with Gasteiger partial charge in [0.2, 0.25) is 5.91 Å². The number of carboxylic acid groups (broad SMARTS) is 1. The van der Waals surface area contributed by atoms with Gasteiger partial charge in [0.25, 0.3) is 5.91 Å². The normalized spacial score (nSPS) is 18.6. The first kappa shape index (κ1) is 18.4. The number of carbonyl (C=O) groups excluding carboxylic acids is 2. The zero-order valence-corrected chi connectivity index (χ0v) is 15.8. The Morgan fingerprint density at radius 3 is 2.79 bits per heavy atom. The van der Waals surface area contributed by atoms with Crippen molar-refractivity contribution in [2.75, 3.05) is 25.0 Å². The molecule has 0 aliphatic carbocycles. The maximum absolute atomic E-state index is 12.6. The fourth-order valence-corrected chi connectivity index (χ4v) is 4.46. The molecule has 28 heavy (non-hydrogen) atoms. The van der Waals surface area contributed by atoms with Gasteiger partial charge in [0.1, 0.15) is 5.69 Å². The van der Waals surface area contributed by atoms with Crippen LogP contribution in [-0.4, -0.2) is 62.4 Å². The standard InChI is InChI=1S/C18H19N5O4S/c24-15(11-4-7-23(9-11)18(26)27)21-17-20-12-5-8-22(10-14(12)28-17)16(25)13-3-1-2-6-19-13/h1-3,6,11H,4-5,7-10H2,(H,26,27)(H,20,21,24)/t11-/m0/s1. The maximum atomic E-state index is 12.6. The number of hydrogen-bond acceptors (Lipinski definition) is 6. The highest BCUT2D eigenvalue weighted by Crippen LogP contribution is 2.29. The molecular weight excluding hydrogens is 382 g/mol. The van der Waals surface area contributed by atoms with E-state index in [2.05, 4.69) is 15.3 Å². The van der Waals surface area contributed by atoms with Crippen molar-refractivity contribution in [1.29, 1.82) is 0 Å². The lowest BCUT2D eigenvalue weighted by atomic mass is 10.1. The van der Waals surface area contributed by atoms with Crippen LogP contribution in [0.4, 0.5) is 9.93 Å². The van der Waals surface area contributed by atoms with Crippen LogP contribution in [0.15, 0.2) is 24.4 Å². The molecule has 2 aliphatic rings. The third-order valence-electron chi connectivity index (χ3n) is 4.96. The van der Waals surface area contributed by atoms with Crippen LogP contribution in [0.25, 0.3) is 0 Å². The Balaban J connectivity index is 1.40. The van der Waals surface area contributed by atoms with E-state index in [1.54, 1.807) is 29.3 Å². The molecule has 1 saturated heterocycles. The van der Waals surface area contributed by atoms with E-state index in [1.165, 1.54) is 16.2 Å². The smallest absolute Gasteiger partial charge is 0.407 e. The van der Waals surface area contributed by atoms with Crippen LogP contribution in [0.5, 0.6) is 0 Å². The van der Waals surface area contributed by atoms with Gasteiger partial charge in [0.15, 0.2) is 5.13 Å². The molecule has 146 valence electrons. The average molecular weight is 401 g/mol. The van der Waals surface area contributed by atoms with Gasteiger partial charge in [-0.15, -0.1) is 0 Å². The van der Waals surface area contributed by atoms with Gasteiger partial charge in [0.05, 0.1) is 18.2 Å². The summed E-state index contributed by atoms with van der Waals surface area (Å²) in [5.74, 6) is -0.694. The number of aromatic nitrogens is 2. The van der Waals surface area contributed by atoms with Crippen LogP contribution in [0.1, 0.15) is 27.5 Å². The predicted octanol–water partition coefficient (Wildman–Crippen LogP) is 1.68. The predicted molar refractivity (Wildman–Crippen MR) is 101 cm³/mol. The molecule has 2 N–H and O–H groups in total. The second-order valence-corrected chi connectivity index (χ2v) is 7.87. The lowest BCUT2D eigenvalue weighted by molar-refractivity contribution is -0.119. The van der Waals surface area contributed by atoms with Gasteiger partial charge >= 0.3 is 6.09 Å². The minimum absolute atomic E-state index is 0.120.